The number of nitrogens with zero attached hydrogens (tertiary/aromatic N) is 2. The van der Waals surface area contributed by atoms with E-state index < -0.39 is 11.8 Å². The predicted octanol–water partition coefficient (Wildman–Crippen LogP) is -0.469. The highest BCUT2D eigenvalue weighted by Gasteiger charge is 2.12. The van der Waals surface area contributed by atoms with Gasteiger partial charge in [0.15, 0.2) is 0 Å². The molecule has 0 bridgehead atoms. The maximum absolute atomic E-state index is 11.0. The Labute approximate surface area is 78.5 Å². The lowest BCUT2D eigenvalue weighted by atomic mass is 10.5. The summed E-state index contributed by atoms with van der Waals surface area (Å²) in [5.74, 6) is -0.872. The van der Waals surface area contributed by atoms with E-state index in [1.165, 1.54) is 7.05 Å². The van der Waals surface area contributed by atoms with Crippen molar-refractivity contribution in [3.8, 4) is 0 Å². The van der Waals surface area contributed by atoms with Crippen LogP contribution in [0, 0.1) is 6.92 Å². The minimum Gasteiger partial charge on any atom is -0.351 e. The summed E-state index contributed by atoms with van der Waals surface area (Å²) in [6, 6.07) is 0. The van der Waals surface area contributed by atoms with E-state index in [2.05, 4.69) is 20.0 Å². The second-order valence-electron chi connectivity index (χ2n) is 2.18. The molecule has 7 heteroatoms. The molecule has 0 saturated heterocycles. The average molecular weight is 200 g/mol. The Hall–Kier alpha value is -1.50. The summed E-state index contributed by atoms with van der Waals surface area (Å²) in [5.41, 5.74) is 0. The van der Waals surface area contributed by atoms with Crippen LogP contribution in [0.25, 0.3) is 0 Å². The second kappa shape index (κ2) is 3.94. The molecule has 1 heterocycles. The number of rotatable bonds is 1. The van der Waals surface area contributed by atoms with Crippen LogP contribution in [0.15, 0.2) is 0 Å². The molecular weight excluding hydrogens is 192 g/mol. The van der Waals surface area contributed by atoms with Gasteiger partial charge in [-0.25, -0.2) is 4.98 Å². The smallest absolute Gasteiger partial charge is 0.315 e. The highest BCUT2D eigenvalue weighted by Crippen LogP contribution is 2.09. The van der Waals surface area contributed by atoms with Gasteiger partial charge in [-0.1, -0.05) is 0 Å². The Bertz CT molecular complexity index is 335. The molecule has 0 atom stereocenters. The quantitative estimate of drug-likeness (QED) is 0.600. The van der Waals surface area contributed by atoms with E-state index in [1.807, 2.05) is 0 Å². The fourth-order valence-corrected chi connectivity index (χ4v) is 1.19. The number of amides is 2. The molecule has 2 amide bonds. The third-order valence-corrected chi connectivity index (χ3v) is 1.90. The number of hydrogen-bond donors (Lipinski definition) is 2. The van der Waals surface area contributed by atoms with Gasteiger partial charge >= 0.3 is 11.8 Å². The van der Waals surface area contributed by atoms with Crippen LogP contribution in [0.5, 0.6) is 0 Å². The van der Waals surface area contributed by atoms with E-state index in [-0.39, 0.29) is 0 Å². The van der Waals surface area contributed by atoms with Crippen LogP contribution in [0.4, 0.5) is 5.13 Å². The van der Waals surface area contributed by atoms with Crippen LogP contribution >= 0.6 is 11.5 Å². The Morgan fingerprint density at radius 3 is 2.54 bits per heavy atom. The fourth-order valence-electron chi connectivity index (χ4n) is 0.615. The first-order valence-electron chi connectivity index (χ1n) is 3.47. The number of carbonyl (C=O) groups is 2. The van der Waals surface area contributed by atoms with Crippen molar-refractivity contribution in [2.24, 2.45) is 0 Å². The van der Waals surface area contributed by atoms with Crippen molar-refractivity contribution in [3.63, 3.8) is 0 Å². The first-order valence-corrected chi connectivity index (χ1v) is 4.24. The first-order chi connectivity index (χ1) is 6.13. The van der Waals surface area contributed by atoms with Gasteiger partial charge < -0.3 is 5.32 Å². The number of anilines is 1. The zero-order valence-corrected chi connectivity index (χ0v) is 7.94. The van der Waals surface area contributed by atoms with E-state index in [4.69, 9.17) is 0 Å². The Balaban J connectivity index is 2.60. The summed E-state index contributed by atoms with van der Waals surface area (Å²) >= 11 is 1.03. The van der Waals surface area contributed by atoms with E-state index in [0.717, 1.165) is 11.5 Å². The molecule has 0 radical (unpaired) electrons. The van der Waals surface area contributed by atoms with Gasteiger partial charge in [0, 0.05) is 18.6 Å². The molecule has 0 unspecified atom stereocenters. The largest absolute Gasteiger partial charge is 0.351 e. The fraction of sp³-hybridized carbons (Fsp3) is 0.333. The topological polar surface area (TPSA) is 84.0 Å². The van der Waals surface area contributed by atoms with Gasteiger partial charge in [-0.15, -0.1) is 0 Å². The summed E-state index contributed by atoms with van der Waals surface area (Å²) in [4.78, 5) is 25.6. The normalized spacial score (nSPS) is 9.38. The lowest BCUT2D eigenvalue weighted by Gasteiger charge is -1.97. The summed E-state index contributed by atoms with van der Waals surface area (Å²) in [6.45, 7) is 1.70. The van der Waals surface area contributed by atoms with Gasteiger partial charge in [0.05, 0.1) is 0 Å². The molecule has 6 nitrogen and oxygen atoms in total. The van der Waals surface area contributed by atoms with Crippen LogP contribution in [-0.4, -0.2) is 28.2 Å². The maximum Gasteiger partial charge on any atom is 0.315 e. The molecule has 0 aliphatic heterocycles. The predicted molar refractivity (Wildman–Crippen MR) is 47.3 cm³/mol. The highest BCUT2D eigenvalue weighted by atomic mass is 32.1. The number of aryl methyl sites for hydroxylation is 1. The summed E-state index contributed by atoms with van der Waals surface area (Å²) < 4.78 is 3.84. The van der Waals surface area contributed by atoms with Gasteiger partial charge in [0.2, 0.25) is 5.13 Å². The molecule has 70 valence electrons. The third-order valence-electron chi connectivity index (χ3n) is 1.18. The SMILES string of the molecule is CNC(=O)C(=O)Nc1nc(C)ns1. The van der Waals surface area contributed by atoms with Crippen molar-refractivity contribution in [1.29, 1.82) is 0 Å². The van der Waals surface area contributed by atoms with E-state index >= 15 is 0 Å². The number of aromatic nitrogens is 2. The minimum atomic E-state index is -0.737. The molecule has 13 heavy (non-hydrogen) atoms. The maximum atomic E-state index is 11.0. The molecule has 0 aliphatic rings. The lowest BCUT2D eigenvalue weighted by molar-refractivity contribution is -0.135. The number of hydrogen-bond acceptors (Lipinski definition) is 5. The van der Waals surface area contributed by atoms with E-state index in [1.54, 1.807) is 6.92 Å². The molecule has 2 N–H and O–H groups in total. The Morgan fingerprint density at radius 1 is 1.38 bits per heavy atom. The monoisotopic (exact) mass is 200 g/mol. The van der Waals surface area contributed by atoms with Crippen molar-refractivity contribution in [2.45, 2.75) is 6.92 Å². The summed E-state index contributed by atoms with van der Waals surface area (Å²) in [7, 11) is 1.38. The first kappa shape index (κ1) is 9.59. The van der Waals surface area contributed by atoms with Gasteiger partial charge in [-0.2, -0.15) is 4.37 Å². The summed E-state index contributed by atoms with van der Waals surface area (Å²) in [5, 5.41) is 4.83. The number of carbonyl (C=O) groups excluding carboxylic acids is 2. The van der Waals surface area contributed by atoms with E-state index in [9.17, 15) is 9.59 Å². The van der Waals surface area contributed by atoms with Gasteiger partial charge in [-0.05, 0) is 6.92 Å². The van der Waals surface area contributed by atoms with Crippen LogP contribution in [-0.2, 0) is 9.59 Å². The molecule has 0 spiro atoms. The molecule has 0 fully saturated rings. The molecule has 0 aliphatic carbocycles. The molecule has 1 aromatic heterocycles. The molecule has 1 aromatic rings. The van der Waals surface area contributed by atoms with Crippen LogP contribution in [0.3, 0.4) is 0 Å². The summed E-state index contributed by atoms with van der Waals surface area (Å²) in [6.07, 6.45) is 0. The van der Waals surface area contributed by atoms with Crippen molar-refractivity contribution in [3.05, 3.63) is 5.82 Å². The number of likely N-dealkylation sites (N-methyl/N-ethyl adjacent to an activating group) is 1. The van der Waals surface area contributed by atoms with Crippen molar-refractivity contribution in [1.82, 2.24) is 14.7 Å². The zero-order chi connectivity index (χ0) is 9.84. The molecule has 1 rings (SSSR count). The molecular formula is C6H8N4O2S. The zero-order valence-electron chi connectivity index (χ0n) is 7.12. The molecule has 0 saturated carbocycles. The second-order valence-corrected chi connectivity index (χ2v) is 2.93. The van der Waals surface area contributed by atoms with E-state index in [0.29, 0.717) is 11.0 Å². The molecule has 0 aromatic carbocycles. The highest BCUT2D eigenvalue weighted by molar-refractivity contribution is 7.10. The van der Waals surface area contributed by atoms with Crippen molar-refractivity contribution in [2.75, 3.05) is 12.4 Å². The van der Waals surface area contributed by atoms with Gasteiger partial charge in [0.25, 0.3) is 0 Å². The third kappa shape index (κ3) is 2.48. The number of nitrogens with one attached hydrogen (secondary N) is 2. The minimum absolute atomic E-state index is 0.325. The van der Waals surface area contributed by atoms with Crippen LogP contribution < -0.4 is 10.6 Å². The standard InChI is InChI=1S/C6H8N4O2S/c1-3-8-6(13-10-3)9-5(12)4(11)7-2/h1-2H3,(H,7,11)(H,8,9,10,12). The lowest BCUT2D eigenvalue weighted by Crippen LogP contribution is -2.32. The van der Waals surface area contributed by atoms with Crippen LogP contribution in [0.2, 0.25) is 0 Å². The van der Waals surface area contributed by atoms with Crippen molar-refractivity contribution >= 4 is 28.5 Å². The Morgan fingerprint density at radius 2 is 2.08 bits per heavy atom. The van der Waals surface area contributed by atoms with Crippen molar-refractivity contribution < 1.29 is 9.59 Å². The van der Waals surface area contributed by atoms with Crippen LogP contribution in [0.1, 0.15) is 5.82 Å². The van der Waals surface area contributed by atoms with Gasteiger partial charge in [-0.3, -0.25) is 14.9 Å². The van der Waals surface area contributed by atoms with Gasteiger partial charge in [0.1, 0.15) is 5.82 Å². The average Bonchev–Trinajstić information content (AvgIpc) is 2.49. The Kier molecular flexibility index (Phi) is 2.91.